The van der Waals surface area contributed by atoms with E-state index in [2.05, 4.69) is 16.8 Å². The summed E-state index contributed by atoms with van der Waals surface area (Å²) in [6, 6.07) is 12.1. The molecule has 1 aromatic carbocycles. The largest absolute Gasteiger partial charge is 0.469 e. The molecule has 1 unspecified atom stereocenters. The first-order chi connectivity index (χ1) is 12.2. The summed E-state index contributed by atoms with van der Waals surface area (Å²) in [6.45, 7) is 0.478. The lowest BCUT2D eigenvalue weighted by molar-refractivity contribution is -0.123. The fourth-order valence-electron chi connectivity index (χ4n) is 3.25. The molecule has 2 aromatic heterocycles. The number of nitrogens with one attached hydrogen (secondary N) is 1. The van der Waals surface area contributed by atoms with Crippen LogP contribution in [-0.2, 0) is 10.2 Å². The molecule has 1 amide bonds. The van der Waals surface area contributed by atoms with Crippen LogP contribution in [0.2, 0.25) is 0 Å². The van der Waals surface area contributed by atoms with Crippen molar-refractivity contribution in [1.29, 1.82) is 0 Å². The van der Waals surface area contributed by atoms with Crippen LogP contribution in [-0.4, -0.2) is 12.5 Å². The van der Waals surface area contributed by atoms with E-state index in [9.17, 15) is 9.18 Å². The fraction of sp³-hybridized carbons (Fsp3) is 0.250. The third-order valence-electron chi connectivity index (χ3n) is 4.88. The van der Waals surface area contributed by atoms with Crippen LogP contribution < -0.4 is 5.32 Å². The van der Waals surface area contributed by atoms with Gasteiger partial charge in [-0.05, 0) is 65.1 Å². The summed E-state index contributed by atoms with van der Waals surface area (Å²) in [6.07, 6.45) is 3.25. The minimum absolute atomic E-state index is 0.00535. The molecule has 2 heterocycles. The Morgan fingerprint density at radius 3 is 2.64 bits per heavy atom. The Morgan fingerprint density at radius 1 is 1.24 bits per heavy atom. The minimum atomic E-state index is -0.504. The van der Waals surface area contributed by atoms with Gasteiger partial charge in [0.1, 0.15) is 11.6 Å². The maximum atomic E-state index is 13.2. The summed E-state index contributed by atoms with van der Waals surface area (Å²) in [5, 5.41) is 7.18. The highest BCUT2D eigenvalue weighted by Crippen LogP contribution is 2.48. The number of furan rings is 1. The molecular weight excluding hydrogens is 337 g/mol. The number of amides is 1. The lowest BCUT2D eigenvalue weighted by Crippen LogP contribution is -2.37. The summed E-state index contributed by atoms with van der Waals surface area (Å²) in [5.74, 6) is 0.556. The highest BCUT2D eigenvalue weighted by Gasteiger charge is 2.51. The molecule has 1 atom stereocenters. The van der Waals surface area contributed by atoms with Crippen molar-refractivity contribution in [3.63, 3.8) is 0 Å². The van der Waals surface area contributed by atoms with Gasteiger partial charge in [-0.2, -0.15) is 11.3 Å². The molecule has 0 spiro atoms. The third-order valence-corrected chi connectivity index (χ3v) is 5.58. The van der Waals surface area contributed by atoms with Crippen LogP contribution in [0.5, 0.6) is 0 Å². The molecule has 3 aromatic rings. The van der Waals surface area contributed by atoms with Crippen LogP contribution in [0, 0.1) is 5.82 Å². The normalized spacial score (nSPS) is 16.4. The van der Waals surface area contributed by atoms with Crippen molar-refractivity contribution in [2.75, 3.05) is 6.54 Å². The summed E-state index contributed by atoms with van der Waals surface area (Å²) < 4.78 is 18.7. The van der Waals surface area contributed by atoms with Gasteiger partial charge in [0.25, 0.3) is 0 Å². The van der Waals surface area contributed by atoms with E-state index >= 15 is 0 Å². The van der Waals surface area contributed by atoms with Gasteiger partial charge >= 0.3 is 0 Å². The molecule has 4 rings (SSSR count). The smallest absolute Gasteiger partial charge is 0.230 e. The first-order valence-corrected chi connectivity index (χ1v) is 9.23. The highest BCUT2D eigenvalue weighted by atomic mass is 32.1. The molecule has 1 saturated carbocycles. The number of hydrogen-bond donors (Lipinski definition) is 1. The summed E-state index contributed by atoms with van der Waals surface area (Å²) in [5.41, 5.74) is 1.51. The van der Waals surface area contributed by atoms with Crippen LogP contribution in [0.3, 0.4) is 0 Å². The van der Waals surface area contributed by atoms with Gasteiger partial charge in [0.05, 0.1) is 17.6 Å². The van der Waals surface area contributed by atoms with Crippen molar-refractivity contribution < 1.29 is 13.6 Å². The maximum Gasteiger partial charge on any atom is 0.230 e. The predicted octanol–water partition coefficient (Wildman–Crippen LogP) is 4.46. The van der Waals surface area contributed by atoms with Gasteiger partial charge in [0.15, 0.2) is 0 Å². The zero-order valence-corrected chi connectivity index (χ0v) is 14.4. The number of halogens is 1. The Bertz CT molecular complexity index is 802. The third kappa shape index (κ3) is 3.12. The van der Waals surface area contributed by atoms with Crippen molar-refractivity contribution in [2.45, 2.75) is 24.2 Å². The standard InChI is InChI=1S/C20H18FNO2S/c21-16-5-3-15(4-6-16)20(8-9-20)19(23)22-12-17(14-7-11-25-13-14)18-2-1-10-24-18/h1-7,10-11,13,17H,8-9,12H2,(H,22,23). The van der Waals surface area contributed by atoms with E-state index in [1.54, 1.807) is 29.7 Å². The molecule has 5 heteroatoms. The van der Waals surface area contributed by atoms with Gasteiger partial charge < -0.3 is 9.73 Å². The zero-order valence-electron chi connectivity index (χ0n) is 13.6. The summed E-state index contributed by atoms with van der Waals surface area (Å²) in [7, 11) is 0. The van der Waals surface area contributed by atoms with Gasteiger partial charge in [-0.3, -0.25) is 4.79 Å². The second-order valence-corrected chi connectivity index (χ2v) is 7.20. The van der Waals surface area contributed by atoms with Crippen LogP contribution in [0.1, 0.15) is 35.6 Å². The Hall–Kier alpha value is -2.40. The molecule has 0 aliphatic heterocycles. The van der Waals surface area contributed by atoms with Crippen LogP contribution in [0.15, 0.2) is 63.9 Å². The summed E-state index contributed by atoms with van der Waals surface area (Å²) >= 11 is 1.63. The predicted molar refractivity (Wildman–Crippen MR) is 95.2 cm³/mol. The molecule has 0 radical (unpaired) electrons. The molecule has 3 nitrogen and oxygen atoms in total. The van der Waals surface area contributed by atoms with Crippen molar-refractivity contribution in [3.05, 3.63) is 82.2 Å². The first kappa shape index (κ1) is 16.1. The van der Waals surface area contributed by atoms with E-state index in [0.29, 0.717) is 6.54 Å². The van der Waals surface area contributed by atoms with Gasteiger partial charge in [0.2, 0.25) is 5.91 Å². The second kappa shape index (κ2) is 6.48. The number of thiophene rings is 1. The van der Waals surface area contributed by atoms with Gasteiger partial charge in [-0.15, -0.1) is 0 Å². The molecule has 25 heavy (non-hydrogen) atoms. The van der Waals surface area contributed by atoms with Crippen LogP contribution >= 0.6 is 11.3 Å². The lowest BCUT2D eigenvalue weighted by atomic mass is 9.94. The Morgan fingerprint density at radius 2 is 2.04 bits per heavy atom. The summed E-state index contributed by atoms with van der Waals surface area (Å²) in [4.78, 5) is 12.8. The van der Waals surface area contributed by atoms with E-state index in [1.165, 1.54) is 12.1 Å². The number of carbonyl (C=O) groups excluding carboxylic acids is 1. The van der Waals surface area contributed by atoms with Gasteiger partial charge in [-0.25, -0.2) is 4.39 Å². The number of benzene rings is 1. The molecule has 0 saturated heterocycles. The minimum Gasteiger partial charge on any atom is -0.469 e. The first-order valence-electron chi connectivity index (χ1n) is 8.29. The van der Waals surface area contributed by atoms with E-state index in [0.717, 1.165) is 29.7 Å². The van der Waals surface area contributed by atoms with Crippen molar-refractivity contribution in [1.82, 2.24) is 5.32 Å². The number of rotatable bonds is 6. The molecule has 128 valence electrons. The van der Waals surface area contributed by atoms with E-state index in [4.69, 9.17) is 4.42 Å². The lowest BCUT2D eigenvalue weighted by Gasteiger charge is -2.19. The fourth-order valence-corrected chi connectivity index (χ4v) is 3.96. The SMILES string of the molecule is O=C(NCC(c1ccsc1)c1ccco1)C1(c2ccc(F)cc2)CC1. The van der Waals surface area contributed by atoms with E-state index in [1.807, 2.05) is 17.5 Å². The molecule has 1 aliphatic rings. The molecule has 1 fully saturated rings. The van der Waals surface area contributed by atoms with E-state index < -0.39 is 5.41 Å². The average Bonchev–Trinajstić information content (AvgIpc) is 3.02. The van der Waals surface area contributed by atoms with Crippen molar-refractivity contribution in [2.24, 2.45) is 0 Å². The van der Waals surface area contributed by atoms with Crippen LogP contribution in [0.25, 0.3) is 0 Å². The van der Waals surface area contributed by atoms with Crippen molar-refractivity contribution in [3.8, 4) is 0 Å². The second-order valence-electron chi connectivity index (χ2n) is 6.42. The average molecular weight is 355 g/mol. The van der Waals surface area contributed by atoms with Crippen molar-refractivity contribution >= 4 is 17.2 Å². The Labute approximate surface area is 149 Å². The molecule has 1 N–H and O–H groups in total. The maximum absolute atomic E-state index is 13.2. The van der Waals surface area contributed by atoms with Crippen LogP contribution in [0.4, 0.5) is 4.39 Å². The topological polar surface area (TPSA) is 42.2 Å². The quantitative estimate of drug-likeness (QED) is 0.709. The molecular formula is C20H18FNO2S. The van der Waals surface area contributed by atoms with Gasteiger partial charge in [0, 0.05) is 6.54 Å². The van der Waals surface area contributed by atoms with E-state index in [-0.39, 0.29) is 17.6 Å². The monoisotopic (exact) mass is 355 g/mol. The molecule has 1 aliphatic carbocycles. The molecule has 0 bridgehead atoms. The van der Waals surface area contributed by atoms with Gasteiger partial charge in [-0.1, -0.05) is 12.1 Å². The zero-order chi connectivity index (χ0) is 17.3. The Balaban J connectivity index is 1.50. The number of hydrogen-bond acceptors (Lipinski definition) is 3. The number of carbonyl (C=O) groups is 1. The highest BCUT2D eigenvalue weighted by molar-refractivity contribution is 7.08. The Kier molecular flexibility index (Phi) is 4.17.